The molecule has 0 aliphatic heterocycles. The van der Waals surface area contributed by atoms with Crippen LogP contribution in [0.2, 0.25) is 0 Å². The minimum atomic E-state index is -0.333. The molecule has 0 bridgehead atoms. The normalized spacial score (nSPS) is 10.5. The van der Waals surface area contributed by atoms with Crippen molar-refractivity contribution in [2.24, 2.45) is 5.92 Å². The fourth-order valence-corrected chi connectivity index (χ4v) is 2.23. The van der Waals surface area contributed by atoms with Gasteiger partial charge < -0.3 is 19.5 Å². The molecule has 0 radical (unpaired) electrons. The molecular weight excluding hydrogens is 310 g/mol. The summed E-state index contributed by atoms with van der Waals surface area (Å²) < 4.78 is 9.82. The Kier molecular flexibility index (Phi) is 5.95. The molecule has 0 spiro atoms. The van der Waals surface area contributed by atoms with E-state index < -0.39 is 0 Å². The van der Waals surface area contributed by atoms with Crippen LogP contribution >= 0.6 is 0 Å². The van der Waals surface area contributed by atoms with Gasteiger partial charge in [-0.1, -0.05) is 25.1 Å². The van der Waals surface area contributed by atoms with Gasteiger partial charge in [0.1, 0.15) is 18.6 Å². The monoisotopic (exact) mass is 331 g/mol. The highest BCUT2D eigenvalue weighted by molar-refractivity contribution is 5.99. The number of methoxy groups -OCH3 is 1. The van der Waals surface area contributed by atoms with Gasteiger partial charge in [-0.15, -0.1) is 0 Å². The quantitative estimate of drug-likeness (QED) is 0.842. The average Bonchev–Trinajstić information content (AvgIpc) is 3.06. The number of benzene rings is 1. The van der Waals surface area contributed by atoms with Gasteiger partial charge in [0, 0.05) is 18.2 Å². The fraction of sp³-hybridized carbons (Fsp3) is 0.353. The number of amides is 2. The number of nitrogens with one attached hydrogen (secondary N) is 1. The predicted molar refractivity (Wildman–Crippen MR) is 88.9 cm³/mol. The molecule has 2 rings (SSSR count). The summed E-state index contributed by atoms with van der Waals surface area (Å²) >= 11 is 0. The molecule has 1 heterocycles. The van der Waals surface area contributed by atoms with E-state index >= 15 is 0 Å². The summed E-state index contributed by atoms with van der Waals surface area (Å²) in [7, 11) is 1.54. The van der Waals surface area contributed by atoms with Crippen LogP contribution in [0.5, 0.6) is 5.75 Å². The SMILES string of the molecule is COc1cccc(C(=O)N(CC(=O)Nc2ccon2)CC(C)C)c1. The number of nitrogens with zero attached hydrogens (tertiary/aromatic N) is 2. The van der Waals surface area contributed by atoms with Gasteiger partial charge in [-0.25, -0.2) is 0 Å². The van der Waals surface area contributed by atoms with Crippen LogP contribution in [0.1, 0.15) is 24.2 Å². The number of hydrogen-bond donors (Lipinski definition) is 1. The van der Waals surface area contributed by atoms with Crippen LogP contribution < -0.4 is 10.1 Å². The van der Waals surface area contributed by atoms with Gasteiger partial charge in [-0.2, -0.15) is 0 Å². The summed E-state index contributed by atoms with van der Waals surface area (Å²) in [6.45, 7) is 4.37. The Morgan fingerprint density at radius 1 is 1.33 bits per heavy atom. The Morgan fingerprint density at radius 3 is 2.75 bits per heavy atom. The maximum absolute atomic E-state index is 12.7. The molecule has 1 aromatic heterocycles. The highest BCUT2D eigenvalue weighted by Gasteiger charge is 2.20. The van der Waals surface area contributed by atoms with Crippen LogP contribution in [-0.2, 0) is 4.79 Å². The third-order valence-corrected chi connectivity index (χ3v) is 3.23. The van der Waals surface area contributed by atoms with Crippen molar-refractivity contribution >= 4 is 17.6 Å². The predicted octanol–water partition coefficient (Wildman–Crippen LogP) is 2.42. The van der Waals surface area contributed by atoms with Gasteiger partial charge in [-0.3, -0.25) is 9.59 Å². The Bertz CT molecular complexity index is 683. The van der Waals surface area contributed by atoms with E-state index in [9.17, 15) is 9.59 Å². The highest BCUT2D eigenvalue weighted by Crippen LogP contribution is 2.15. The van der Waals surface area contributed by atoms with Crippen molar-refractivity contribution < 1.29 is 18.8 Å². The van der Waals surface area contributed by atoms with E-state index in [-0.39, 0.29) is 24.3 Å². The molecule has 2 amide bonds. The van der Waals surface area contributed by atoms with Crippen LogP contribution in [0.25, 0.3) is 0 Å². The zero-order valence-electron chi connectivity index (χ0n) is 14.0. The van der Waals surface area contributed by atoms with Gasteiger partial charge in [-0.05, 0) is 24.1 Å². The zero-order valence-corrected chi connectivity index (χ0v) is 14.0. The smallest absolute Gasteiger partial charge is 0.254 e. The van der Waals surface area contributed by atoms with Crippen LogP contribution in [0.15, 0.2) is 41.1 Å². The van der Waals surface area contributed by atoms with Gasteiger partial charge in [0.2, 0.25) is 5.91 Å². The second kappa shape index (κ2) is 8.14. The molecule has 0 aliphatic rings. The van der Waals surface area contributed by atoms with Crippen molar-refractivity contribution in [3.8, 4) is 5.75 Å². The summed E-state index contributed by atoms with van der Waals surface area (Å²) in [4.78, 5) is 26.4. The summed E-state index contributed by atoms with van der Waals surface area (Å²) in [5, 5.41) is 6.22. The van der Waals surface area contributed by atoms with Crippen molar-refractivity contribution in [1.29, 1.82) is 0 Å². The van der Waals surface area contributed by atoms with E-state index in [0.717, 1.165) is 0 Å². The fourth-order valence-electron chi connectivity index (χ4n) is 2.23. The lowest BCUT2D eigenvalue weighted by atomic mass is 10.1. The number of carbonyl (C=O) groups excluding carboxylic acids is 2. The first-order valence-electron chi connectivity index (χ1n) is 7.63. The van der Waals surface area contributed by atoms with Crippen LogP contribution in [-0.4, -0.2) is 42.1 Å². The van der Waals surface area contributed by atoms with Crippen molar-refractivity contribution in [2.45, 2.75) is 13.8 Å². The molecule has 0 saturated heterocycles. The molecule has 7 heteroatoms. The number of anilines is 1. The van der Waals surface area contributed by atoms with E-state index in [0.29, 0.717) is 23.7 Å². The van der Waals surface area contributed by atoms with Gasteiger partial charge in [0.05, 0.1) is 7.11 Å². The van der Waals surface area contributed by atoms with E-state index in [2.05, 4.69) is 15.0 Å². The molecule has 0 saturated carbocycles. The number of ether oxygens (including phenoxy) is 1. The molecule has 128 valence electrons. The van der Waals surface area contributed by atoms with Crippen LogP contribution in [0, 0.1) is 5.92 Å². The third kappa shape index (κ3) is 4.84. The second-order valence-corrected chi connectivity index (χ2v) is 5.74. The zero-order chi connectivity index (χ0) is 17.5. The van der Waals surface area contributed by atoms with Gasteiger partial charge in [0.15, 0.2) is 5.82 Å². The standard InChI is InChI=1S/C17H21N3O4/c1-12(2)10-20(11-16(21)18-15-7-8-24-19-15)17(22)13-5-4-6-14(9-13)23-3/h4-9,12H,10-11H2,1-3H3,(H,18,19,21). The van der Waals surface area contributed by atoms with Crippen molar-refractivity contribution in [1.82, 2.24) is 10.1 Å². The van der Waals surface area contributed by atoms with Crippen LogP contribution in [0.3, 0.4) is 0 Å². The number of rotatable bonds is 7. The van der Waals surface area contributed by atoms with Crippen molar-refractivity contribution in [3.05, 3.63) is 42.2 Å². The first kappa shape index (κ1) is 17.5. The maximum Gasteiger partial charge on any atom is 0.254 e. The van der Waals surface area contributed by atoms with E-state index in [1.807, 2.05) is 13.8 Å². The number of carbonyl (C=O) groups is 2. The lowest BCUT2D eigenvalue weighted by molar-refractivity contribution is -0.117. The molecule has 0 aliphatic carbocycles. The molecule has 0 unspecified atom stereocenters. The molecule has 7 nitrogen and oxygen atoms in total. The van der Waals surface area contributed by atoms with E-state index in [1.165, 1.54) is 17.2 Å². The third-order valence-electron chi connectivity index (χ3n) is 3.23. The Hall–Kier alpha value is -2.83. The van der Waals surface area contributed by atoms with Crippen LogP contribution in [0.4, 0.5) is 5.82 Å². The Morgan fingerprint density at radius 2 is 2.12 bits per heavy atom. The van der Waals surface area contributed by atoms with Crippen molar-refractivity contribution in [3.63, 3.8) is 0 Å². The minimum absolute atomic E-state index is 0.0684. The first-order valence-corrected chi connectivity index (χ1v) is 7.63. The molecule has 0 fully saturated rings. The molecular formula is C17H21N3O4. The molecule has 1 aromatic carbocycles. The molecule has 24 heavy (non-hydrogen) atoms. The van der Waals surface area contributed by atoms with Gasteiger partial charge >= 0.3 is 0 Å². The lowest BCUT2D eigenvalue weighted by Crippen LogP contribution is -2.40. The number of aromatic nitrogens is 1. The molecule has 0 atom stereocenters. The van der Waals surface area contributed by atoms with Crippen molar-refractivity contribution in [2.75, 3.05) is 25.5 Å². The lowest BCUT2D eigenvalue weighted by Gasteiger charge is -2.24. The topological polar surface area (TPSA) is 84.7 Å². The number of hydrogen-bond acceptors (Lipinski definition) is 5. The van der Waals surface area contributed by atoms with E-state index in [4.69, 9.17) is 4.74 Å². The average molecular weight is 331 g/mol. The largest absolute Gasteiger partial charge is 0.497 e. The van der Waals surface area contributed by atoms with E-state index in [1.54, 1.807) is 31.4 Å². The molecule has 2 aromatic rings. The summed E-state index contributed by atoms with van der Waals surface area (Å²) in [6, 6.07) is 8.41. The Balaban J connectivity index is 2.11. The first-order chi connectivity index (χ1) is 11.5. The summed E-state index contributed by atoms with van der Waals surface area (Å²) in [5.74, 6) is 0.578. The summed E-state index contributed by atoms with van der Waals surface area (Å²) in [5.41, 5.74) is 0.476. The summed E-state index contributed by atoms with van der Waals surface area (Å²) in [6.07, 6.45) is 1.36. The second-order valence-electron chi connectivity index (χ2n) is 5.74. The minimum Gasteiger partial charge on any atom is -0.497 e. The Labute approximate surface area is 140 Å². The van der Waals surface area contributed by atoms with Gasteiger partial charge in [0.25, 0.3) is 5.91 Å². The maximum atomic E-state index is 12.7. The molecule has 1 N–H and O–H groups in total. The highest BCUT2D eigenvalue weighted by atomic mass is 16.5.